The van der Waals surface area contributed by atoms with E-state index >= 15 is 0 Å². The zero-order valence-electron chi connectivity index (χ0n) is 20.5. The Hall–Kier alpha value is -4.57. The molecule has 188 valence electrons. The van der Waals surface area contributed by atoms with Crippen molar-refractivity contribution in [1.82, 2.24) is 25.3 Å². The molecule has 10 heteroatoms. The van der Waals surface area contributed by atoms with Gasteiger partial charge in [-0.15, -0.1) is 5.10 Å². The first-order valence-corrected chi connectivity index (χ1v) is 11.8. The molecule has 3 heterocycles. The minimum atomic E-state index is -1.09. The fourth-order valence-electron chi connectivity index (χ4n) is 4.21. The summed E-state index contributed by atoms with van der Waals surface area (Å²) < 4.78 is 12.5. The number of methoxy groups -OCH3 is 1. The Balaban J connectivity index is 1.60. The molecule has 0 unspecified atom stereocenters. The molecule has 0 aliphatic carbocycles. The van der Waals surface area contributed by atoms with Crippen molar-refractivity contribution in [3.05, 3.63) is 84.4 Å². The van der Waals surface area contributed by atoms with E-state index in [-0.39, 0.29) is 19.0 Å². The molecule has 3 aromatic heterocycles. The number of fused-ring (bicyclic) bond motifs is 2. The molecule has 2 aromatic carbocycles. The van der Waals surface area contributed by atoms with Crippen molar-refractivity contribution >= 4 is 39.4 Å². The Morgan fingerprint density at radius 1 is 1.08 bits per heavy atom. The van der Waals surface area contributed by atoms with E-state index in [0.29, 0.717) is 34.8 Å². The summed E-state index contributed by atoms with van der Waals surface area (Å²) in [5.74, 6) is 0.165. The molecule has 2 amide bonds. The second-order valence-corrected chi connectivity index (χ2v) is 8.52. The van der Waals surface area contributed by atoms with Gasteiger partial charge in [0.2, 0.25) is 5.91 Å². The highest BCUT2D eigenvalue weighted by Gasteiger charge is 2.35. The first-order valence-electron chi connectivity index (χ1n) is 11.8. The van der Waals surface area contributed by atoms with Gasteiger partial charge in [0, 0.05) is 19.0 Å². The number of carbonyl (C=O) groups excluding carboxylic acids is 2. The molecule has 5 aromatic rings. The number of benzene rings is 2. The highest BCUT2D eigenvalue weighted by atomic mass is 16.5. The van der Waals surface area contributed by atoms with E-state index in [0.717, 1.165) is 10.9 Å². The highest BCUT2D eigenvalue weighted by Crippen LogP contribution is 2.31. The minimum Gasteiger partial charge on any atom is -0.464 e. The van der Waals surface area contributed by atoms with Gasteiger partial charge in [0.1, 0.15) is 23.6 Å². The number of ether oxygens (including phenoxy) is 1. The van der Waals surface area contributed by atoms with Crippen LogP contribution in [0.4, 0.5) is 5.69 Å². The van der Waals surface area contributed by atoms with E-state index < -0.39 is 11.9 Å². The Morgan fingerprint density at radius 3 is 2.65 bits per heavy atom. The summed E-state index contributed by atoms with van der Waals surface area (Å²) in [4.78, 5) is 33.5. The monoisotopic (exact) mass is 498 g/mol. The summed E-state index contributed by atoms with van der Waals surface area (Å²) in [6.07, 6.45) is 1.59. The topological polar surface area (TPSA) is 115 Å². The molecular weight excluding hydrogens is 472 g/mol. The first kappa shape index (κ1) is 24.1. The smallest absolute Gasteiger partial charge is 0.251 e. The molecule has 0 saturated heterocycles. The predicted octanol–water partition coefficient (Wildman–Crippen LogP) is 3.42. The van der Waals surface area contributed by atoms with Crippen LogP contribution in [-0.4, -0.2) is 52.1 Å². The van der Waals surface area contributed by atoms with Gasteiger partial charge < -0.3 is 14.5 Å². The lowest BCUT2D eigenvalue weighted by Crippen LogP contribution is -2.45. The zero-order chi connectivity index (χ0) is 25.8. The lowest BCUT2D eigenvalue weighted by molar-refractivity contribution is -0.127. The Bertz CT molecular complexity index is 1560. The van der Waals surface area contributed by atoms with Crippen LogP contribution in [0.15, 0.2) is 77.3 Å². The van der Waals surface area contributed by atoms with Crippen molar-refractivity contribution in [3.8, 4) is 0 Å². The predicted molar refractivity (Wildman–Crippen MR) is 138 cm³/mol. The number of rotatable bonds is 9. The number of aromatic nitrogens is 4. The van der Waals surface area contributed by atoms with Crippen LogP contribution < -0.4 is 10.2 Å². The number of pyridine rings is 1. The molecule has 0 saturated carbocycles. The number of anilines is 1. The summed E-state index contributed by atoms with van der Waals surface area (Å²) in [7, 11) is 1.55. The molecule has 0 aliphatic heterocycles. The van der Waals surface area contributed by atoms with Gasteiger partial charge in [-0.1, -0.05) is 35.5 Å². The Labute approximate surface area is 212 Å². The van der Waals surface area contributed by atoms with Crippen molar-refractivity contribution in [2.24, 2.45) is 0 Å². The van der Waals surface area contributed by atoms with E-state index in [9.17, 15) is 9.59 Å². The van der Waals surface area contributed by atoms with Crippen LogP contribution in [0.1, 0.15) is 17.6 Å². The normalized spacial score (nSPS) is 12.1. The van der Waals surface area contributed by atoms with Gasteiger partial charge in [-0.25, -0.2) is 4.68 Å². The van der Waals surface area contributed by atoms with Crippen LogP contribution in [0, 0.1) is 6.92 Å². The quantitative estimate of drug-likeness (QED) is 0.310. The molecule has 10 nitrogen and oxygen atoms in total. The summed E-state index contributed by atoms with van der Waals surface area (Å²) in [5.41, 5.74) is 2.61. The van der Waals surface area contributed by atoms with Crippen LogP contribution in [0.3, 0.4) is 0 Å². The second kappa shape index (κ2) is 10.6. The molecule has 0 bridgehead atoms. The maximum atomic E-state index is 14.0. The van der Waals surface area contributed by atoms with E-state index in [2.05, 4.69) is 20.6 Å². The van der Waals surface area contributed by atoms with Gasteiger partial charge in [-0.3, -0.25) is 19.5 Å². The standard InChI is InChI=1S/C27H26N6O4/c1-18-11-12-24(37-18)26(27(35)28-13-14-36-2)33(20-15-19-7-3-4-8-21(19)29-16-20)25(34)17-32-23-10-6-5-9-22(23)30-31-32/h3-12,15-16,26H,13-14,17H2,1-2H3,(H,28,35)/t26-/m0/s1. The molecule has 0 aliphatic rings. The maximum Gasteiger partial charge on any atom is 0.251 e. The SMILES string of the molecule is COCCNC(=O)[C@H](c1ccc(C)o1)N(C(=O)Cn1nnc2ccccc21)c1cnc2ccccc2c1. The number of carbonyl (C=O) groups is 2. The molecule has 0 radical (unpaired) electrons. The van der Waals surface area contributed by atoms with Gasteiger partial charge in [0.15, 0.2) is 6.04 Å². The zero-order valence-corrected chi connectivity index (χ0v) is 20.5. The summed E-state index contributed by atoms with van der Waals surface area (Å²) in [6.45, 7) is 2.24. The number of para-hydroxylation sites is 2. The molecule has 0 spiro atoms. The fraction of sp³-hybridized carbons (Fsp3) is 0.222. The summed E-state index contributed by atoms with van der Waals surface area (Å²) in [6, 6.07) is 19.2. The molecular formula is C27H26N6O4. The third-order valence-electron chi connectivity index (χ3n) is 5.97. The van der Waals surface area contributed by atoms with Gasteiger partial charge in [-0.2, -0.15) is 0 Å². The van der Waals surface area contributed by atoms with Crippen molar-refractivity contribution in [1.29, 1.82) is 0 Å². The van der Waals surface area contributed by atoms with Gasteiger partial charge >= 0.3 is 0 Å². The molecule has 0 fully saturated rings. The van der Waals surface area contributed by atoms with E-state index in [1.807, 2.05) is 54.6 Å². The Morgan fingerprint density at radius 2 is 1.86 bits per heavy atom. The third kappa shape index (κ3) is 5.05. The number of nitrogens with one attached hydrogen (secondary N) is 1. The second-order valence-electron chi connectivity index (χ2n) is 8.52. The van der Waals surface area contributed by atoms with Crippen LogP contribution in [0.5, 0.6) is 0 Å². The van der Waals surface area contributed by atoms with Crippen molar-refractivity contribution in [2.45, 2.75) is 19.5 Å². The molecule has 37 heavy (non-hydrogen) atoms. The molecule has 1 N–H and O–H groups in total. The first-order chi connectivity index (χ1) is 18.0. The Kier molecular flexibility index (Phi) is 6.91. The number of hydrogen-bond acceptors (Lipinski definition) is 7. The highest BCUT2D eigenvalue weighted by molar-refractivity contribution is 6.02. The van der Waals surface area contributed by atoms with Crippen LogP contribution in [0.25, 0.3) is 21.9 Å². The van der Waals surface area contributed by atoms with Crippen LogP contribution >= 0.6 is 0 Å². The molecule has 1 atom stereocenters. The van der Waals surface area contributed by atoms with Gasteiger partial charge in [0.25, 0.3) is 5.91 Å². The van der Waals surface area contributed by atoms with Gasteiger partial charge in [0.05, 0.1) is 29.5 Å². The average Bonchev–Trinajstić information content (AvgIpc) is 3.53. The minimum absolute atomic E-state index is 0.144. The summed E-state index contributed by atoms with van der Waals surface area (Å²) >= 11 is 0. The van der Waals surface area contributed by atoms with Crippen molar-refractivity contribution in [3.63, 3.8) is 0 Å². The van der Waals surface area contributed by atoms with Crippen molar-refractivity contribution in [2.75, 3.05) is 25.2 Å². The van der Waals surface area contributed by atoms with E-state index in [1.54, 1.807) is 32.4 Å². The largest absolute Gasteiger partial charge is 0.464 e. The number of amides is 2. The fourth-order valence-corrected chi connectivity index (χ4v) is 4.21. The number of hydrogen-bond donors (Lipinski definition) is 1. The number of furan rings is 1. The van der Waals surface area contributed by atoms with Gasteiger partial charge in [-0.05, 0) is 43.3 Å². The number of aryl methyl sites for hydroxylation is 1. The average molecular weight is 499 g/mol. The van der Waals surface area contributed by atoms with Crippen molar-refractivity contribution < 1.29 is 18.7 Å². The molecule has 5 rings (SSSR count). The van der Waals surface area contributed by atoms with Crippen LogP contribution in [0.2, 0.25) is 0 Å². The number of nitrogens with zero attached hydrogens (tertiary/aromatic N) is 5. The lowest BCUT2D eigenvalue weighted by Gasteiger charge is -2.30. The third-order valence-corrected chi connectivity index (χ3v) is 5.97. The van der Waals surface area contributed by atoms with E-state index in [1.165, 1.54) is 9.58 Å². The maximum absolute atomic E-state index is 14.0. The van der Waals surface area contributed by atoms with E-state index in [4.69, 9.17) is 9.15 Å². The lowest BCUT2D eigenvalue weighted by atomic mass is 10.1. The van der Waals surface area contributed by atoms with Crippen LogP contribution in [-0.2, 0) is 20.9 Å². The summed E-state index contributed by atoms with van der Waals surface area (Å²) in [5, 5.41) is 12.0.